The van der Waals surface area contributed by atoms with E-state index in [1.807, 2.05) is 7.05 Å². The molecular formula is C13H21NO4. The number of carbonyl (C=O) groups excluding carboxylic acids is 2. The lowest BCUT2D eigenvalue weighted by molar-refractivity contribution is -0.168. The van der Waals surface area contributed by atoms with Gasteiger partial charge in [-0.2, -0.15) is 0 Å². The van der Waals surface area contributed by atoms with E-state index in [0.717, 1.165) is 25.7 Å². The molecule has 2 rings (SSSR count). The second-order valence-electron chi connectivity index (χ2n) is 5.25. The van der Waals surface area contributed by atoms with Crippen molar-refractivity contribution in [2.24, 2.45) is 0 Å². The third-order valence-corrected chi connectivity index (χ3v) is 4.03. The molecule has 102 valence electrons. The molecule has 2 saturated heterocycles. The number of nitrogens with zero attached hydrogens (tertiary/aromatic N) is 1. The monoisotopic (exact) mass is 255 g/mol. The van der Waals surface area contributed by atoms with Crippen LogP contribution in [0.4, 0.5) is 0 Å². The Morgan fingerprint density at radius 3 is 1.61 bits per heavy atom. The fourth-order valence-electron chi connectivity index (χ4n) is 3.31. The highest BCUT2D eigenvalue weighted by atomic mass is 16.5. The Balaban J connectivity index is 2.02. The smallest absolute Gasteiger partial charge is 0.302 e. The molecule has 0 aromatic rings. The lowest BCUT2D eigenvalue weighted by Crippen LogP contribution is -2.60. The molecule has 2 fully saturated rings. The van der Waals surface area contributed by atoms with Crippen molar-refractivity contribution in [1.82, 2.24) is 4.90 Å². The Kier molecular flexibility index (Phi) is 3.90. The highest BCUT2D eigenvalue weighted by Crippen LogP contribution is 2.35. The summed E-state index contributed by atoms with van der Waals surface area (Å²) >= 11 is 0. The van der Waals surface area contributed by atoms with Gasteiger partial charge in [0.15, 0.2) is 0 Å². The van der Waals surface area contributed by atoms with Crippen molar-refractivity contribution in [3.63, 3.8) is 0 Å². The lowest BCUT2D eigenvalue weighted by atomic mass is 9.81. The standard InChI is InChI=1S/C13H21NO4/c1-8(15)17-12-6-4-11-13(18-9(2)16)7-5-10(12)14(11)3/h10-13H,4-7H2,1-3H3. The van der Waals surface area contributed by atoms with Gasteiger partial charge in [0, 0.05) is 25.9 Å². The van der Waals surface area contributed by atoms with Crippen LogP contribution in [-0.4, -0.2) is 48.2 Å². The van der Waals surface area contributed by atoms with Gasteiger partial charge in [0.05, 0.1) is 0 Å². The maximum Gasteiger partial charge on any atom is 0.302 e. The zero-order valence-electron chi connectivity index (χ0n) is 11.2. The zero-order valence-corrected chi connectivity index (χ0v) is 11.2. The molecule has 18 heavy (non-hydrogen) atoms. The first-order chi connectivity index (χ1) is 8.49. The van der Waals surface area contributed by atoms with E-state index in [0.29, 0.717) is 0 Å². The molecule has 0 radical (unpaired) electrons. The molecule has 0 aliphatic carbocycles. The summed E-state index contributed by atoms with van der Waals surface area (Å²) in [6, 6.07) is 0.527. The predicted octanol–water partition coefficient (Wildman–Crippen LogP) is 1.11. The van der Waals surface area contributed by atoms with Gasteiger partial charge in [-0.15, -0.1) is 0 Å². The van der Waals surface area contributed by atoms with E-state index in [1.54, 1.807) is 0 Å². The second kappa shape index (κ2) is 5.26. The van der Waals surface area contributed by atoms with E-state index in [-0.39, 0.29) is 36.2 Å². The van der Waals surface area contributed by atoms with Crippen LogP contribution in [0.2, 0.25) is 0 Å². The number of piperidine rings is 2. The molecule has 0 spiro atoms. The summed E-state index contributed by atoms with van der Waals surface area (Å²) in [5.41, 5.74) is 0. The van der Waals surface area contributed by atoms with Crippen LogP contribution < -0.4 is 0 Å². The Morgan fingerprint density at radius 2 is 1.28 bits per heavy atom. The summed E-state index contributed by atoms with van der Waals surface area (Å²) < 4.78 is 10.8. The van der Waals surface area contributed by atoms with E-state index in [2.05, 4.69) is 4.90 Å². The number of hydrogen-bond donors (Lipinski definition) is 0. The summed E-state index contributed by atoms with van der Waals surface area (Å²) in [6.45, 7) is 2.91. The minimum Gasteiger partial charge on any atom is -0.461 e. The molecule has 5 heteroatoms. The maximum atomic E-state index is 11.1. The Hall–Kier alpha value is -1.10. The average Bonchev–Trinajstić information content (AvgIpc) is 2.23. The molecular weight excluding hydrogens is 234 g/mol. The molecule has 2 aliphatic rings. The van der Waals surface area contributed by atoms with Gasteiger partial charge in [-0.05, 0) is 32.7 Å². The number of carbonyl (C=O) groups is 2. The highest BCUT2D eigenvalue weighted by molar-refractivity contribution is 5.66. The van der Waals surface area contributed by atoms with Crippen molar-refractivity contribution in [3.05, 3.63) is 0 Å². The van der Waals surface area contributed by atoms with Gasteiger partial charge in [-0.1, -0.05) is 0 Å². The van der Waals surface area contributed by atoms with Crippen LogP contribution in [0.5, 0.6) is 0 Å². The van der Waals surface area contributed by atoms with E-state index in [9.17, 15) is 9.59 Å². The summed E-state index contributed by atoms with van der Waals surface area (Å²) in [5, 5.41) is 0. The second-order valence-corrected chi connectivity index (χ2v) is 5.25. The van der Waals surface area contributed by atoms with Gasteiger partial charge in [-0.3, -0.25) is 14.5 Å². The first kappa shape index (κ1) is 13.3. The quantitative estimate of drug-likeness (QED) is 0.692. The van der Waals surface area contributed by atoms with Crippen LogP contribution in [0.15, 0.2) is 0 Å². The topological polar surface area (TPSA) is 55.8 Å². The third kappa shape index (κ3) is 2.66. The highest BCUT2D eigenvalue weighted by Gasteiger charge is 2.44. The van der Waals surface area contributed by atoms with Crippen molar-refractivity contribution < 1.29 is 19.1 Å². The van der Waals surface area contributed by atoms with Crippen LogP contribution in [-0.2, 0) is 19.1 Å². The summed E-state index contributed by atoms with van der Waals surface area (Å²) in [5.74, 6) is -0.428. The molecule has 2 bridgehead atoms. The van der Waals surface area contributed by atoms with E-state index < -0.39 is 0 Å². The number of esters is 2. The normalized spacial score (nSPS) is 35.9. The van der Waals surface area contributed by atoms with Crippen LogP contribution in [0.3, 0.4) is 0 Å². The van der Waals surface area contributed by atoms with E-state index >= 15 is 0 Å². The lowest BCUT2D eigenvalue weighted by Gasteiger charge is -2.50. The number of rotatable bonds is 2. The molecule has 0 saturated carbocycles. The maximum absolute atomic E-state index is 11.1. The first-order valence-electron chi connectivity index (χ1n) is 6.55. The van der Waals surface area contributed by atoms with Crippen LogP contribution in [0.25, 0.3) is 0 Å². The number of hydrogen-bond acceptors (Lipinski definition) is 5. The van der Waals surface area contributed by atoms with Crippen molar-refractivity contribution in [2.75, 3.05) is 7.05 Å². The van der Waals surface area contributed by atoms with Crippen molar-refractivity contribution in [3.8, 4) is 0 Å². The van der Waals surface area contributed by atoms with Crippen molar-refractivity contribution >= 4 is 11.9 Å². The number of likely N-dealkylation sites (N-methyl/N-ethyl adjacent to an activating group) is 1. The predicted molar refractivity (Wildman–Crippen MR) is 64.9 cm³/mol. The molecule has 0 amide bonds. The Morgan fingerprint density at radius 1 is 0.889 bits per heavy atom. The molecule has 0 aromatic carbocycles. The minimum absolute atomic E-state index is 0.0120. The van der Waals surface area contributed by atoms with Crippen LogP contribution >= 0.6 is 0 Å². The molecule has 0 N–H and O–H groups in total. The fraction of sp³-hybridized carbons (Fsp3) is 0.846. The zero-order chi connectivity index (χ0) is 13.3. The Labute approximate surface area is 107 Å². The van der Waals surface area contributed by atoms with Gasteiger partial charge in [-0.25, -0.2) is 0 Å². The summed E-state index contributed by atoms with van der Waals surface area (Å²) in [4.78, 5) is 24.4. The molecule has 5 nitrogen and oxygen atoms in total. The van der Waals surface area contributed by atoms with Gasteiger partial charge >= 0.3 is 11.9 Å². The van der Waals surface area contributed by atoms with Gasteiger partial charge < -0.3 is 9.47 Å². The summed E-state index contributed by atoms with van der Waals surface area (Å²) in [7, 11) is 2.03. The van der Waals surface area contributed by atoms with Gasteiger partial charge in [0.25, 0.3) is 0 Å². The molecule has 4 unspecified atom stereocenters. The fourth-order valence-corrected chi connectivity index (χ4v) is 3.31. The molecule has 0 aromatic heterocycles. The minimum atomic E-state index is -0.214. The van der Waals surface area contributed by atoms with Gasteiger partial charge in [0.1, 0.15) is 12.2 Å². The number of ether oxygens (including phenoxy) is 2. The largest absolute Gasteiger partial charge is 0.461 e. The molecule has 4 atom stereocenters. The number of fused-ring (bicyclic) bond motifs is 2. The third-order valence-electron chi connectivity index (χ3n) is 4.03. The van der Waals surface area contributed by atoms with Crippen LogP contribution in [0.1, 0.15) is 39.5 Å². The SMILES string of the molecule is CC(=O)OC1CCC2C(OC(C)=O)CCC1N2C. The van der Waals surface area contributed by atoms with Crippen molar-refractivity contribution in [2.45, 2.75) is 63.8 Å². The van der Waals surface area contributed by atoms with E-state index in [1.165, 1.54) is 13.8 Å². The van der Waals surface area contributed by atoms with Gasteiger partial charge in [0.2, 0.25) is 0 Å². The summed E-state index contributed by atoms with van der Waals surface area (Å²) in [6.07, 6.45) is 3.50. The molecule has 2 heterocycles. The van der Waals surface area contributed by atoms with Crippen molar-refractivity contribution in [1.29, 1.82) is 0 Å². The molecule has 2 aliphatic heterocycles. The van der Waals surface area contributed by atoms with Crippen LogP contribution in [0, 0.1) is 0 Å². The Bertz CT molecular complexity index is 312. The average molecular weight is 255 g/mol. The van der Waals surface area contributed by atoms with E-state index in [4.69, 9.17) is 9.47 Å². The first-order valence-corrected chi connectivity index (χ1v) is 6.55.